The molecule has 1 aliphatic rings. The van der Waals surface area contributed by atoms with Crippen molar-refractivity contribution in [2.75, 3.05) is 13.1 Å². The number of phenolic OH excluding ortho intramolecular Hbond substituents is 1. The topological polar surface area (TPSA) is 64.3 Å². The van der Waals surface area contributed by atoms with Crippen molar-refractivity contribution in [3.05, 3.63) is 28.8 Å². The van der Waals surface area contributed by atoms with E-state index in [4.69, 9.17) is 16.9 Å². The number of amides is 1. The minimum Gasteiger partial charge on any atom is -0.506 e. The van der Waals surface area contributed by atoms with Crippen LogP contribution in [-0.4, -0.2) is 29.0 Å². The molecule has 5 heteroatoms. The van der Waals surface area contributed by atoms with Crippen LogP contribution in [0.5, 0.6) is 5.75 Å². The van der Waals surface area contributed by atoms with E-state index in [1.54, 1.807) is 17.0 Å². The molecule has 1 atom stereocenters. The minimum absolute atomic E-state index is 0.00158. The number of hydrogen-bond acceptors (Lipinski definition) is 3. The monoisotopic (exact) mass is 278 g/mol. The van der Waals surface area contributed by atoms with Gasteiger partial charge in [0.15, 0.2) is 0 Å². The highest BCUT2D eigenvalue weighted by molar-refractivity contribution is 6.32. The summed E-state index contributed by atoms with van der Waals surface area (Å²) in [6, 6.07) is 6.99. The van der Waals surface area contributed by atoms with Gasteiger partial charge in [0, 0.05) is 13.1 Å². The lowest BCUT2D eigenvalue weighted by Gasteiger charge is -2.29. The molecule has 1 N–H and O–H groups in total. The Morgan fingerprint density at radius 1 is 1.58 bits per heavy atom. The number of halogens is 1. The molecule has 1 aromatic rings. The smallest absolute Gasteiger partial charge is 0.227 e. The summed E-state index contributed by atoms with van der Waals surface area (Å²) in [7, 11) is 0. The molecule has 0 unspecified atom stereocenters. The van der Waals surface area contributed by atoms with E-state index >= 15 is 0 Å². The van der Waals surface area contributed by atoms with Crippen LogP contribution in [0, 0.1) is 17.2 Å². The molecule has 0 aliphatic carbocycles. The molecule has 4 nitrogen and oxygen atoms in total. The molecule has 1 heterocycles. The third-order valence-electron chi connectivity index (χ3n) is 3.32. The molecule has 1 saturated heterocycles. The van der Waals surface area contributed by atoms with E-state index in [1.165, 1.54) is 6.07 Å². The van der Waals surface area contributed by atoms with E-state index in [9.17, 15) is 9.90 Å². The number of benzene rings is 1. The maximum absolute atomic E-state index is 12.1. The summed E-state index contributed by atoms with van der Waals surface area (Å²) in [5, 5.41) is 18.5. The van der Waals surface area contributed by atoms with Crippen molar-refractivity contribution in [1.29, 1.82) is 5.26 Å². The van der Waals surface area contributed by atoms with E-state index in [2.05, 4.69) is 6.07 Å². The summed E-state index contributed by atoms with van der Waals surface area (Å²) >= 11 is 5.81. The van der Waals surface area contributed by atoms with Crippen molar-refractivity contribution >= 4 is 17.5 Å². The second kappa shape index (κ2) is 5.94. The van der Waals surface area contributed by atoms with Crippen LogP contribution >= 0.6 is 11.6 Å². The van der Waals surface area contributed by atoms with E-state index in [0.29, 0.717) is 13.1 Å². The molecular weight excluding hydrogens is 264 g/mol. The first-order valence-corrected chi connectivity index (χ1v) is 6.62. The second-order valence-electron chi connectivity index (χ2n) is 4.77. The van der Waals surface area contributed by atoms with Crippen LogP contribution < -0.4 is 0 Å². The zero-order valence-electron chi connectivity index (χ0n) is 10.5. The largest absolute Gasteiger partial charge is 0.506 e. The van der Waals surface area contributed by atoms with Gasteiger partial charge in [-0.2, -0.15) is 5.26 Å². The Morgan fingerprint density at radius 3 is 3.05 bits per heavy atom. The summed E-state index contributed by atoms with van der Waals surface area (Å²) in [6.45, 7) is 1.23. The fourth-order valence-electron chi connectivity index (χ4n) is 2.26. The average molecular weight is 279 g/mol. The van der Waals surface area contributed by atoms with Gasteiger partial charge in [-0.1, -0.05) is 17.7 Å². The van der Waals surface area contributed by atoms with Crippen molar-refractivity contribution in [2.24, 2.45) is 5.92 Å². The Labute approximate surface area is 117 Å². The SMILES string of the molecule is N#C[C@@H]1CCCN(C(=O)Cc2ccc(O)c(Cl)c2)C1. The first-order valence-electron chi connectivity index (χ1n) is 6.25. The fraction of sp³-hybridized carbons (Fsp3) is 0.429. The van der Waals surface area contributed by atoms with Crippen LogP contribution in [0.3, 0.4) is 0 Å². The van der Waals surface area contributed by atoms with Crippen LogP contribution in [-0.2, 0) is 11.2 Å². The van der Waals surface area contributed by atoms with Gasteiger partial charge in [0.1, 0.15) is 5.75 Å². The summed E-state index contributed by atoms with van der Waals surface area (Å²) in [6.07, 6.45) is 1.99. The lowest BCUT2D eigenvalue weighted by atomic mass is 9.99. The maximum Gasteiger partial charge on any atom is 0.227 e. The van der Waals surface area contributed by atoms with Crippen molar-refractivity contribution in [3.8, 4) is 11.8 Å². The van der Waals surface area contributed by atoms with Gasteiger partial charge in [-0.25, -0.2) is 0 Å². The highest BCUT2D eigenvalue weighted by Crippen LogP contribution is 2.24. The lowest BCUT2D eigenvalue weighted by molar-refractivity contribution is -0.131. The van der Waals surface area contributed by atoms with Gasteiger partial charge in [-0.3, -0.25) is 4.79 Å². The number of piperidine rings is 1. The molecular formula is C14H15ClN2O2. The Bertz CT molecular complexity index is 525. The quantitative estimate of drug-likeness (QED) is 0.903. The number of aromatic hydroxyl groups is 1. The number of nitriles is 1. The Kier molecular flexibility index (Phi) is 4.28. The molecule has 19 heavy (non-hydrogen) atoms. The second-order valence-corrected chi connectivity index (χ2v) is 5.18. The normalized spacial score (nSPS) is 18.9. The van der Waals surface area contributed by atoms with Crippen LogP contribution in [0.15, 0.2) is 18.2 Å². The molecule has 100 valence electrons. The Morgan fingerprint density at radius 2 is 2.37 bits per heavy atom. The van der Waals surface area contributed by atoms with Gasteiger partial charge < -0.3 is 10.0 Å². The number of carbonyl (C=O) groups is 1. The van der Waals surface area contributed by atoms with Gasteiger partial charge in [0.25, 0.3) is 0 Å². The van der Waals surface area contributed by atoms with Gasteiger partial charge >= 0.3 is 0 Å². The van der Waals surface area contributed by atoms with Crippen molar-refractivity contribution in [2.45, 2.75) is 19.3 Å². The minimum atomic E-state index is -0.0545. The van der Waals surface area contributed by atoms with Gasteiger partial charge in [-0.15, -0.1) is 0 Å². The van der Waals surface area contributed by atoms with Crippen molar-refractivity contribution < 1.29 is 9.90 Å². The molecule has 1 aromatic carbocycles. The Hall–Kier alpha value is -1.73. The summed E-state index contributed by atoms with van der Waals surface area (Å²) in [5.41, 5.74) is 0.770. The number of carbonyl (C=O) groups excluding carboxylic acids is 1. The zero-order valence-corrected chi connectivity index (χ0v) is 11.2. The highest BCUT2D eigenvalue weighted by Gasteiger charge is 2.23. The van der Waals surface area contributed by atoms with E-state index < -0.39 is 0 Å². The molecule has 0 saturated carbocycles. The zero-order chi connectivity index (χ0) is 13.8. The molecule has 1 amide bonds. The number of phenols is 1. The molecule has 0 radical (unpaired) electrons. The molecule has 1 aliphatic heterocycles. The molecule has 2 rings (SSSR count). The van der Waals surface area contributed by atoms with Crippen LogP contribution in [0.25, 0.3) is 0 Å². The number of likely N-dealkylation sites (tertiary alicyclic amines) is 1. The van der Waals surface area contributed by atoms with Crippen molar-refractivity contribution in [1.82, 2.24) is 4.90 Å². The third kappa shape index (κ3) is 3.39. The number of rotatable bonds is 2. The summed E-state index contributed by atoms with van der Waals surface area (Å²) in [5.74, 6) is -0.0387. The van der Waals surface area contributed by atoms with Crippen LogP contribution in [0.4, 0.5) is 0 Å². The van der Waals surface area contributed by atoms with Crippen LogP contribution in [0.1, 0.15) is 18.4 Å². The average Bonchev–Trinajstić information content (AvgIpc) is 2.43. The van der Waals surface area contributed by atoms with Crippen LogP contribution in [0.2, 0.25) is 5.02 Å². The standard InChI is InChI=1S/C14H15ClN2O2/c15-12-6-10(3-4-13(12)18)7-14(19)17-5-1-2-11(8-16)9-17/h3-4,6,11,18H,1-2,5,7,9H2/t11-/m0/s1. The van der Waals surface area contributed by atoms with Gasteiger partial charge in [-0.05, 0) is 30.5 Å². The van der Waals surface area contributed by atoms with E-state index in [-0.39, 0.29) is 29.0 Å². The highest BCUT2D eigenvalue weighted by atomic mass is 35.5. The number of nitrogens with zero attached hydrogens (tertiary/aromatic N) is 2. The van der Waals surface area contributed by atoms with Gasteiger partial charge in [0.05, 0.1) is 23.4 Å². The molecule has 1 fully saturated rings. The molecule has 0 spiro atoms. The Balaban J connectivity index is 2.00. The predicted molar refractivity (Wildman–Crippen MR) is 71.7 cm³/mol. The molecule has 0 bridgehead atoms. The fourth-order valence-corrected chi connectivity index (χ4v) is 2.46. The van der Waals surface area contributed by atoms with Crippen molar-refractivity contribution in [3.63, 3.8) is 0 Å². The van der Waals surface area contributed by atoms with E-state index in [1.807, 2.05) is 0 Å². The summed E-state index contributed by atoms with van der Waals surface area (Å²) < 4.78 is 0. The third-order valence-corrected chi connectivity index (χ3v) is 3.63. The first kappa shape index (κ1) is 13.7. The van der Waals surface area contributed by atoms with E-state index in [0.717, 1.165) is 18.4 Å². The van der Waals surface area contributed by atoms with Gasteiger partial charge in [0.2, 0.25) is 5.91 Å². The molecule has 0 aromatic heterocycles. The summed E-state index contributed by atoms with van der Waals surface area (Å²) in [4.78, 5) is 13.9. The first-order chi connectivity index (χ1) is 9.10. The maximum atomic E-state index is 12.1. The number of hydrogen-bond donors (Lipinski definition) is 1. The predicted octanol–water partition coefficient (Wildman–Crippen LogP) is 2.35. The lowest BCUT2D eigenvalue weighted by Crippen LogP contribution is -2.40.